The fraction of sp³-hybridized carbons (Fsp3) is 0.909. The van der Waals surface area contributed by atoms with Gasteiger partial charge in [0.25, 0.3) is 0 Å². The van der Waals surface area contributed by atoms with E-state index in [2.05, 4.69) is 5.32 Å². The van der Waals surface area contributed by atoms with E-state index in [-0.39, 0.29) is 5.91 Å². The van der Waals surface area contributed by atoms with E-state index >= 15 is 0 Å². The Hall–Kier alpha value is -0.570. The fourth-order valence-corrected chi connectivity index (χ4v) is 1.07. The number of carbonyl (C=O) groups excluding carboxylic acids is 1. The molecule has 3 nitrogen and oxygen atoms in total. The average Bonchev–Trinajstić information content (AvgIpc) is 2.21. The summed E-state index contributed by atoms with van der Waals surface area (Å²) in [5, 5.41) is 2.77. The number of amides is 1. The van der Waals surface area contributed by atoms with Gasteiger partial charge in [-0.2, -0.15) is 0 Å². The Bertz CT molecular complexity index is 116. The summed E-state index contributed by atoms with van der Waals surface area (Å²) in [4.78, 5) is 10.9. The van der Waals surface area contributed by atoms with Crippen LogP contribution < -0.4 is 11.1 Å². The van der Waals surface area contributed by atoms with Gasteiger partial charge in [-0.25, -0.2) is 0 Å². The van der Waals surface area contributed by atoms with Crippen molar-refractivity contribution in [1.29, 1.82) is 0 Å². The van der Waals surface area contributed by atoms with Crippen LogP contribution in [0.5, 0.6) is 0 Å². The third-order valence-electron chi connectivity index (χ3n) is 1.73. The molecule has 0 radical (unpaired) electrons. The summed E-state index contributed by atoms with van der Waals surface area (Å²) in [6, 6.07) is 0. The molecular weight excluding hydrogens is 176 g/mol. The van der Waals surface area contributed by atoms with Gasteiger partial charge in [0.2, 0.25) is 5.91 Å². The van der Waals surface area contributed by atoms with Gasteiger partial charge in [-0.3, -0.25) is 4.79 Å². The quantitative estimate of drug-likeness (QED) is 0.621. The first-order chi connectivity index (χ1) is 6.81. The lowest BCUT2D eigenvalue weighted by atomic mass is 10.1. The Morgan fingerprint density at radius 2 is 1.71 bits per heavy atom. The van der Waals surface area contributed by atoms with Crippen LogP contribution >= 0.6 is 0 Å². The molecule has 0 rings (SSSR count). The van der Waals surface area contributed by atoms with Crippen LogP contribution in [0.2, 0.25) is 0 Å². The molecule has 0 unspecified atom stereocenters. The highest BCUT2D eigenvalue weighted by Crippen LogP contribution is 2.01. The smallest absolute Gasteiger partial charge is 0.219 e. The summed E-state index contributed by atoms with van der Waals surface area (Å²) in [6.07, 6.45) is 5.00. The van der Waals surface area contributed by atoms with Crippen LogP contribution in [-0.4, -0.2) is 19.0 Å². The maximum absolute atomic E-state index is 10.9. The van der Waals surface area contributed by atoms with Crippen molar-refractivity contribution in [1.82, 2.24) is 5.32 Å². The first kappa shape index (κ1) is 15.9. The Morgan fingerprint density at radius 1 is 1.14 bits per heavy atom. The molecule has 0 bridgehead atoms. The second kappa shape index (κ2) is 14.9. The molecule has 0 aromatic rings. The van der Waals surface area contributed by atoms with Crippen molar-refractivity contribution in [2.24, 2.45) is 5.73 Å². The molecular formula is C11H26N2O. The van der Waals surface area contributed by atoms with Crippen LogP contribution in [0, 0.1) is 0 Å². The molecule has 14 heavy (non-hydrogen) atoms. The first-order valence-corrected chi connectivity index (χ1v) is 5.78. The Morgan fingerprint density at radius 3 is 2.21 bits per heavy atom. The van der Waals surface area contributed by atoms with Crippen LogP contribution in [0.15, 0.2) is 0 Å². The van der Waals surface area contributed by atoms with Gasteiger partial charge >= 0.3 is 0 Å². The number of rotatable bonds is 7. The Balaban J connectivity index is 0. The maximum Gasteiger partial charge on any atom is 0.219 e. The minimum atomic E-state index is 0.172. The van der Waals surface area contributed by atoms with Gasteiger partial charge in [0.15, 0.2) is 0 Å². The number of carbonyl (C=O) groups is 1. The molecule has 3 heteroatoms. The zero-order chi connectivity index (χ0) is 11.2. The van der Waals surface area contributed by atoms with E-state index in [1.807, 2.05) is 20.8 Å². The number of nitrogens with one attached hydrogen (secondary N) is 1. The molecule has 86 valence electrons. The van der Waals surface area contributed by atoms with Gasteiger partial charge in [-0.15, -0.1) is 0 Å². The van der Waals surface area contributed by atoms with Crippen molar-refractivity contribution in [3.8, 4) is 0 Å². The molecule has 0 saturated heterocycles. The van der Waals surface area contributed by atoms with E-state index in [0.29, 0.717) is 6.42 Å². The van der Waals surface area contributed by atoms with E-state index in [9.17, 15) is 4.79 Å². The topological polar surface area (TPSA) is 55.1 Å². The van der Waals surface area contributed by atoms with E-state index in [1.54, 1.807) is 0 Å². The van der Waals surface area contributed by atoms with Crippen molar-refractivity contribution in [2.75, 3.05) is 13.1 Å². The highest BCUT2D eigenvalue weighted by Gasteiger charge is 1.97. The van der Waals surface area contributed by atoms with Gasteiger partial charge < -0.3 is 11.1 Å². The molecule has 0 aliphatic carbocycles. The largest absolute Gasteiger partial charge is 0.356 e. The molecule has 0 aliphatic heterocycles. The van der Waals surface area contributed by atoms with E-state index < -0.39 is 0 Å². The van der Waals surface area contributed by atoms with Gasteiger partial charge in [0.1, 0.15) is 0 Å². The molecule has 0 atom stereocenters. The molecule has 3 N–H and O–H groups in total. The molecule has 0 fully saturated rings. The summed E-state index contributed by atoms with van der Waals surface area (Å²) in [5.74, 6) is 0.172. The molecule has 0 aliphatic rings. The third kappa shape index (κ3) is 14.0. The summed E-state index contributed by atoms with van der Waals surface area (Å²) in [6.45, 7) is 7.44. The zero-order valence-electron chi connectivity index (χ0n) is 9.94. The van der Waals surface area contributed by atoms with Gasteiger partial charge in [-0.1, -0.05) is 26.7 Å². The van der Waals surface area contributed by atoms with Crippen molar-refractivity contribution >= 4 is 5.91 Å². The highest BCUT2D eigenvalue weighted by atomic mass is 16.1. The van der Waals surface area contributed by atoms with Gasteiger partial charge in [0, 0.05) is 13.0 Å². The van der Waals surface area contributed by atoms with E-state index in [0.717, 1.165) is 38.8 Å². The SMILES string of the molecule is CC.CCNC(=O)CCCCCCN. The van der Waals surface area contributed by atoms with E-state index in [1.165, 1.54) is 0 Å². The van der Waals surface area contributed by atoms with Crippen molar-refractivity contribution in [3.63, 3.8) is 0 Å². The molecule has 1 amide bonds. The molecule has 0 saturated carbocycles. The zero-order valence-corrected chi connectivity index (χ0v) is 9.94. The predicted molar refractivity (Wildman–Crippen MR) is 62.2 cm³/mol. The second-order valence-corrected chi connectivity index (χ2v) is 2.91. The van der Waals surface area contributed by atoms with Crippen molar-refractivity contribution < 1.29 is 4.79 Å². The number of unbranched alkanes of at least 4 members (excludes halogenated alkanes) is 3. The van der Waals surface area contributed by atoms with Gasteiger partial charge in [0.05, 0.1) is 0 Å². The standard InChI is InChI=1S/C9H20N2O.C2H6/c1-2-11-9(12)7-5-3-4-6-8-10;1-2/h2-8,10H2,1H3,(H,11,12);1-2H3. The first-order valence-electron chi connectivity index (χ1n) is 5.78. The third-order valence-corrected chi connectivity index (χ3v) is 1.73. The lowest BCUT2D eigenvalue weighted by molar-refractivity contribution is -0.121. The lowest BCUT2D eigenvalue weighted by Gasteiger charge is -2.01. The van der Waals surface area contributed by atoms with Crippen molar-refractivity contribution in [3.05, 3.63) is 0 Å². The monoisotopic (exact) mass is 202 g/mol. The number of hydrogen-bond acceptors (Lipinski definition) is 2. The van der Waals surface area contributed by atoms with Gasteiger partial charge in [-0.05, 0) is 26.3 Å². The molecule has 0 spiro atoms. The fourth-order valence-electron chi connectivity index (χ4n) is 1.07. The molecule has 0 aromatic carbocycles. The second-order valence-electron chi connectivity index (χ2n) is 2.91. The Kier molecular flexibility index (Phi) is 16.9. The average molecular weight is 202 g/mol. The number of hydrogen-bond donors (Lipinski definition) is 2. The molecule has 0 heterocycles. The van der Waals surface area contributed by atoms with Crippen LogP contribution in [-0.2, 0) is 4.79 Å². The molecule has 0 aromatic heterocycles. The minimum Gasteiger partial charge on any atom is -0.356 e. The van der Waals surface area contributed by atoms with Crippen LogP contribution in [0.25, 0.3) is 0 Å². The summed E-state index contributed by atoms with van der Waals surface area (Å²) < 4.78 is 0. The maximum atomic E-state index is 10.9. The van der Waals surface area contributed by atoms with E-state index in [4.69, 9.17) is 5.73 Å². The summed E-state index contributed by atoms with van der Waals surface area (Å²) >= 11 is 0. The summed E-state index contributed by atoms with van der Waals surface area (Å²) in [7, 11) is 0. The Labute approximate surface area is 88.4 Å². The normalized spacial score (nSPS) is 8.86. The van der Waals surface area contributed by atoms with Crippen LogP contribution in [0.4, 0.5) is 0 Å². The van der Waals surface area contributed by atoms with Crippen molar-refractivity contribution in [2.45, 2.75) is 52.9 Å². The summed E-state index contributed by atoms with van der Waals surface area (Å²) in [5.41, 5.74) is 5.34. The predicted octanol–water partition coefficient (Wildman–Crippen LogP) is 2.06. The highest BCUT2D eigenvalue weighted by molar-refractivity contribution is 5.75. The minimum absolute atomic E-state index is 0.172. The van der Waals surface area contributed by atoms with Crippen LogP contribution in [0.1, 0.15) is 52.9 Å². The number of nitrogens with two attached hydrogens (primary N) is 1. The van der Waals surface area contributed by atoms with Crippen LogP contribution in [0.3, 0.4) is 0 Å². The lowest BCUT2D eigenvalue weighted by Crippen LogP contribution is -2.21.